The van der Waals surface area contributed by atoms with Gasteiger partial charge in [-0.3, -0.25) is 4.79 Å². The molecule has 0 atom stereocenters. The van der Waals surface area contributed by atoms with Crippen LogP contribution in [0.3, 0.4) is 0 Å². The van der Waals surface area contributed by atoms with Crippen LogP contribution in [0.25, 0.3) is 21.6 Å². The van der Waals surface area contributed by atoms with E-state index in [0.717, 1.165) is 32.2 Å². The Morgan fingerprint density at radius 3 is 2.04 bits per heavy atom. The van der Waals surface area contributed by atoms with E-state index in [-0.39, 0.29) is 5.78 Å². The zero-order valence-electron chi connectivity index (χ0n) is 14.9. The number of ether oxygens (including phenoxy) is 1. The van der Waals surface area contributed by atoms with Crippen LogP contribution in [0.4, 0.5) is 0 Å². The Bertz CT molecular complexity index is 1050. The number of carbonyl (C=O) groups is 1. The molecule has 3 aromatic carbocycles. The predicted molar refractivity (Wildman–Crippen MR) is 112 cm³/mol. The molecule has 0 fully saturated rings. The van der Waals surface area contributed by atoms with E-state index < -0.39 is 0 Å². The maximum atomic E-state index is 13.2. The van der Waals surface area contributed by atoms with E-state index in [1.54, 1.807) is 7.11 Å². The third-order valence-electron chi connectivity index (χ3n) is 4.43. The molecule has 0 N–H and O–H groups in total. The normalized spacial score (nSPS) is 10.6. The molecule has 3 heteroatoms. The highest BCUT2D eigenvalue weighted by Crippen LogP contribution is 2.39. The van der Waals surface area contributed by atoms with E-state index >= 15 is 0 Å². The molecule has 0 saturated carbocycles. The van der Waals surface area contributed by atoms with Crippen molar-refractivity contribution in [2.45, 2.75) is 0 Å². The summed E-state index contributed by atoms with van der Waals surface area (Å²) in [7, 11) is 1.65. The quantitative estimate of drug-likeness (QED) is 0.384. The minimum Gasteiger partial charge on any atom is -0.497 e. The van der Waals surface area contributed by atoms with Gasteiger partial charge in [0.15, 0.2) is 0 Å². The molecular weight excluding hydrogens is 352 g/mol. The lowest BCUT2D eigenvalue weighted by Gasteiger charge is -2.05. The van der Waals surface area contributed by atoms with E-state index in [4.69, 9.17) is 4.74 Å². The van der Waals surface area contributed by atoms with Gasteiger partial charge in [-0.05, 0) is 29.3 Å². The zero-order chi connectivity index (χ0) is 18.6. The second kappa shape index (κ2) is 7.60. The third-order valence-corrected chi connectivity index (χ3v) is 5.62. The summed E-state index contributed by atoms with van der Waals surface area (Å²) in [5.74, 6) is 0.849. The molecule has 4 aromatic rings. The first-order valence-electron chi connectivity index (χ1n) is 8.69. The van der Waals surface area contributed by atoms with Gasteiger partial charge in [-0.2, -0.15) is 0 Å². The fourth-order valence-electron chi connectivity index (χ4n) is 3.01. The van der Waals surface area contributed by atoms with Crippen LogP contribution >= 0.6 is 11.3 Å². The van der Waals surface area contributed by atoms with Crippen molar-refractivity contribution in [1.82, 2.24) is 0 Å². The van der Waals surface area contributed by atoms with E-state index in [0.29, 0.717) is 5.56 Å². The van der Waals surface area contributed by atoms with Gasteiger partial charge in [0.05, 0.1) is 12.0 Å². The molecule has 0 radical (unpaired) electrons. The number of carbonyl (C=O) groups excluding carboxylic acids is 1. The van der Waals surface area contributed by atoms with E-state index in [1.165, 1.54) is 11.3 Å². The van der Waals surface area contributed by atoms with Crippen molar-refractivity contribution in [3.63, 3.8) is 0 Å². The van der Waals surface area contributed by atoms with Gasteiger partial charge in [-0.1, -0.05) is 72.8 Å². The largest absolute Gasteiger partial charge is 0.497 e. The monoisotopic (exact) mass is 370 g/mol. The summed E-state index contributed by atoms with van der Waals surface area (Å²) < 4.78 is 5.26. The zero-order valence-corrected chi connectivity index (χ0v) is 15.7. The number of ketones is 1. The lowest BCUT2D eigenvalue weighted by molar-refractivity contribution is 0.104. The van der Waals surface area contributed by atoms with E-state index in [9.17, 15) is 4.79 Å². The highest BCUT2D eigenvalue weighted by Gasteiger charge is 2.19. The van der Waals surface area contributed by atoms with Crippen LogP contribution in [-0.4, -0.2) is 12.9 Å². The Morgan fingerprint density at radius 1 is 0.778 bits per heavy atom. The summed E-state index contributed by atoms with van der Waals surface area (Å²) in [6, 6.07) is 29.6. The minimum atomic E-state index is 0.0496. The van der Waals surface area contributed by atoms with Crippen LogP contribution < -0.4 is 4.74 Å². The smallest absolute Gasteiger partial charge is 0.203 e. The van der Waals surface area contributed by atoms with Crippen molar-refractivity contribution in [3.8, 4) is 27.3 Å². The Hall–Kier alpha value is -3.17. The highest BCUT2D eigenvalue weighted by molar-refractivity contribution is 7.18. The molecule has 0 aliphatic rings. The van der Waals surface area contributed by atoms with Crippen LogP contribution in [0, 0.1) is 0 Å². The molecule has 27 heavy (non-hydrogen) atoms. The van der Waals surface area contributed by atoms with Gasteiger partial charge < -0.3 is 4.74 Å². The molecule has 1 aromatic heterocycles. The van der Waals surface area contributed by atoms with Gasteiger partial charge in [0.2, 0.25) is 5.78 Å². The van der Waals surface area contributed by atoms with Crippen LogP contribution in [0.5, 0.6) is 5.75 Å². The van der Waals surface area contributed by atoms with Crippen molar-refractivity contribution < 1.29 is 9.53 Å². The summed E-state index contributed by atoms with van der Waals surface area (Å²) in [4.78, 5) is 15.0. The Kier molecular flexibility index (Phi) is 4.86. The lowest BCUT2D eigenvalue weighted by Crippen LogP contribution is -1.99. The molecule has 0 bridgehead atoms. The number of thiophene rings is 1. The predicted octanol–water partition coefficient (Wildman–Crippen LogP) is 6.32. The van der Waals surface area contributed by atoms with E-state index in [1.807, 2.05) is 72.8 Å². The van der Waals surface area contributed by atoms with Crippen molar-refractivity contribution in [2.24, 2.45) is 0 Å². The molecule has 0 unspecified atom stereocenters. The van der Waals surface area contributed by atoms with Gasteiger partial charge in [0, 0.05) is 16.0 Å². The van der Waals surface area contributed by atoms with Crippen molar-refractivity contribution in [2.75, 3.05) is 7.11 Å². The molecule has 0 amide bonds. The number of hydrogen-bond acceptors (Lipinski definition) is 3. The van der Waals surface area contributed by atoms with Crippen molar-refractivity contribution >= 4 is 17.1 Å². The Balaban J connectivity index is 1.84. The van der Waals surface area contributed by atoms with Gasteiger partial charge in [-0.15, -0.1) is 11.3 Å². The average Bonchev–Trinajstić information content (AvgIpc) is 3.20. The molecule has 0 spiro atoms. The molecule has 132 valence electrons. The van der Waals surface area contributed by atoms with E-state index in [2.05, 4.69) is 18.2 Å². The second-order valence-electron chi connectivity index (χ2n) is 6.14. The average molecular weight is 370 g/mol. The summed E-state index contributed by atoms with van der Waals surface area (Å²) in [6.07, 6.45) is 0. The maximum Gasteiger partial charge on any atom is 0.203 e. The van der Waals surface area contributed by atoms with Gasteiger partial charge in [0.25, 0.3) is 0 Å². The van der Waals surface area contributed by atoms with Gasteiger partial charge in [0.1, 0.15) is 5.75 Å². The van der Waals surface area contributed by atoms with Crippen LogP contribution in [0.2, 0.25) is 0 Å². The first-order chi connectivity index (χ1) is 13.3. The van der Waals surface area contributed by atoms with Crippen LogP contribution in [0.15, 0.2) is 91.0 Å². The number of methoxy groups -OCH3 is 1. The first kappa shape index (κ1) is 17.3. The fraction of sp³-hybridized carbons (Fsp3) is 0.0417. The molecule has 0 aliphatic heterocycles. The van der Waals surface area contributed by atoms with Crippen LogP contribution in [0.1, 0.15) is 15.2 Å². The molecule has 2 nitrogen and oxygen atoms in total. The topological polar surface area (TPSA) is 26.3 Å². The van der Waals surface area contributed by atoms with Crippen molar-refractivity contribution in [1.29, 1.82) is 0 Å². The van der Waals surface area contributed by atoms with Crippen LogP contribution in [-0.2, 0) is 0 Å². The number of benzene rings is 3. The summed E-state index contributed by atoms with van der Waals surface area (Å²) >= 11 is 1.54. The fourth-order valence-corrected chi connectivity index (χ4v) is 4.16. The minimum absolute atomic E-state index is 0.0496. The number of hydrogen-bond donors (Lipinski definition) is 0. The maximum absolute atomic E-state index is 13.2. The number of rotatable bonds is 5. The summed E-state index contributed by atoms with van der Waals surface area (Å²) in [5.41, 5.74) is 3.78. The molecule has 1 heterocycles. The highest BCUT2D eigenvalue weighted by atomic mass is 32.1. The summed E-state index contributed by atoms with van der Waals surface area (Å²) in [6.45, 7) is 0. The van der Waals surface area contributed by atoms with Gasteiger partial charge in [-0.25, -0.2) is 0 Å². The molecule has 4 rings (SSSR count). The SMILES string of the molecule is COc1ccc(-c2cc(-c3ccccc3)sc2C(=O)c2ccccc2)cc1. The molecule has 0 saturated heterocycles. The second-order valence-corrected chi connectivity index (χ2v) is 7.20. The Morgan fingerprint density at radius 2 is 1.41 bits per heavy atom. The first-order valence-corrected chi connectivity index (χ1v) is 9.51. The third kappa shape index (κ3) is 3.55. The standard InChI is InChI=1S/C24H18O2S/c1-26-20-14-12-17(13-15-20)21-16-22(18-8-4-2-5-9-18)27-24(21)23(25)19-10-6-3-7-11-19/h2-16H,1H3. The lowest BCUT2D eigenvalue weighted by atomic mass is 10.0. The molecule has 0 aliphatic carbocycles. The summed E-state index contributed by atoms with van der Waals surface area (Å²) in [5, 5.41) is 0. The van der Waals surface area contributed by atoms with Gasteiger partial charge >= 0.3 is 0 Å². The molecular formula is C24H18O2S. The Labute approximate surface area is 162 Å². The van der Waals surface area contributed by atoms with Crippen molar-refractivity contribution in [3.05, 3.63) is 101 Å².